The Hall–Kier alpha value is -1.69. The smallest absolute Gasteiger partial charge is 0.335 e. The van der Waals surface area contributed by atoms with E-state index >= 15 is 0 Å². The summed E-state index contributed by atoms with van der Waals surface area (Å²) in [6.07, 6.45) is 11.2. The number of unbranched alkanes of at least 4 members (excludes halogenated alkanes) is 6. The fourth-order valence-corrected chi connectivity index (χ4v) is 2.44. The van der Waals surface area contributed by atoms with Crippen LogP contribution in [0.5, 0.6) is 5.75 Å². The molecular weight excluding hydrogens is 368 g/mol. The van der Waals surface area contributed by atoms with Crippen molar-refractivity contribution in [2.24, 2.45) is 0 Å². The molecule has 0 aliphatic rings. The van der Waals surface area contributed by atoms with Gasteiger partial charge in [0.25, 0.3) is 0 Å². The molecular formula is C24H42O5. The van der Waals surface area contributed by atoms with Crippen LogP contribution in [-0.4, -0.2) is 42.6 Å². The van der Waals surface area contributed by atoms with Gasteiger partial charge in [-0.3, -0.25) is 0 Å². The van der Waals surface area contributed by atoms with E-state index in [1.807, 2.05) is 38.1 Å². The molecule has 1 aromatic rings. The highest BCUT2D eigenvalue weighted by Crippen LogP contribution is 2.21. The zero-order valence-corrected chi connectivity index (χ0v) is 18.7. The van der Waals surface area contributed by atoms with E-state index in [0.29, 0.717) is 5.75 Å². The molecule has 0 heterocycles. The molecule has 1 rings (SSSR count). The van der Waals surface area contributed by atoms with Crippen LogP contribution in [0.4, 0.5) is 0 Å². The van der Waals surface area contributed by atoms with E-state index in [2.05, 4.69) is 13.5 Å². The number of ether oxygens (including phenoxy) is 2. The molecule has 168 valence electrons. The molecule has 5 nitrogen and oxygen atoms in total. The molecule has 0 amide bonds. The van der Waals surface area contributed by atoms with Gasteiger partial charge < -0.3 is 19.7 Å². The Labute approximate surface area is 177 Å². The minimum Gasteiger partial charge on any atom is -0.423 e. The number of aliphatic hydroxyl groups is 2. The Morgan fingerprint density at radius 3 is 1.97 bits per heavy atom. The number of benzene rings is 1. The van der Waals surface area contributed by atoms with Crippen molar-refractivity contribution in [3.63, 3.8) is 0 Å². The van der Waals surface area contributed by atoms with Gasteiger partial charge in [-0.25, -0.2) is 4.79 Å². The maximum Gasteiger partial charge on any atom is 0.335 e. The maximum absolute atomic E-state index is 11.3. The number of aliphatic hydroxyl groups excluding tert-OH is 2. The molecule has 0 saturated carbocycles. The van der Waals surface area contributed by atoms with Gasteiger partial charge in [0.2, 0.25) is 0 Å². The van der Waals surface area contributed by atoms with Gasteiger partial charge in [0.1, 0.15) is 5.75 Å². The summed E-state index contributed by atoms with van der Waals surface area (Å²) in [7, 11) is 0. The van der Waals surface area contributed by atoms with Gasteiger partial charge in [0.05, 0.1) is 13.2 Å². The predicted molar refractivity (Wildman–Crippen MR) is 120 cm³/mol. The highest BCUT2D eigenvalue weighted by molar-refractivity contribution is 5.83. The highest BCUT2D eigenvalue weighted by Gasteiger charge is 2.05. The number of carbonyl (C=O) groups is 1. The molecule has 5 heteroatoms. The lowest BCUT2D eigenvalue weighted by molar-refractivity contribution is -0.129. The second-order valence-corrected chi connectivity index (χ2v) is 6.33. The second-order valence-electron chi connectivity index (χ2n) is 6.33. The second kappa shape index (κ2) is 24.3. The first-order valence-corrected chi connectivity index (χ1v) is 10.8. The van der Waals surface area contributed by atoms with E-state index in [4.69, 9.17) is 19.7 Å². The molecule has 2 N–H and O–H groups in total. The minimum atomic E-state index is -0.392. The van der Waals surface area contributed by atoms with Crippen molar-refractivity contribution in [2.75, 3.05) is 26.4 Å². The van der Waals surface area contributed by atoms with Crippen molar-refractivity contribution in [3.8, 4) is 5.75 Å². The normalized spacial score (nSPS) is 9.55. The number of hydrogen-bond acceptors (Lipinski definition) is 5. The Kier molecular flexibility index (Phi) is 24.8. The average Bonchev–Trinajstić information content (AvgIpc) is 2.75. The molecule has 1 aromatic carbocycles. The van der Waals surface area contributed by atoms with Crippen molar-refractivity contribution in [1.29, 1.82) is 0 Å². The molecule has 0 atom stereocenters. The van der Waals surface area contributed by atoms with E-state index in [1.54, 1.807) is 0 Å². The van der Waals surface area contributed by atoms with Gasteiger partial charge in [0, 0.05) is 19.3 Å². The highest BCUT2D eigenvalue weighted by atomic mass is 16.5. The predicted octanol–water partition coefficient (Wildman–Crippen LogP) is 5.08. The van der Waals surface area contributed by atoms with Crippen molar-refractivity contribution in [1.82, 2.24) is 0 Å². The number of carbonyl (C=O) groups excluding carboxylic acids is 1. The van der Waals surface area contributed by atoms with E-state index in [9.17, 15) is 4.79 Å². The molecule has 29 heavy (non-hydrogen) atoms. The Bertz CT molecular complexity index is 484. The fourth-order valence-electron chi connectivity index (χ4n) is 2.44. The third kappa shape index (κ3) is 20.8. The molecule has 0 spiro atoms. The lowest BCUT2D eigenvalue weighted by Crippen LogP contribution is -2.05. The van der Waals surface area contributed by atoms with Crippen LogP contribution in [0.15, 0.2) is 36.9 Å². The molecule has 0 unspecified atom stereocenters. The Balaban J connectivity index is 0. The summed E-state index contributed by atoms with van der Waals surface area (Å²) in [5.74, 6) is 0.278. The van der Waals surface area contributed by atoms with Gasteiger partial charge in [0.15, 0.2) is 0 Å². The van der Waals surface area contributed by atoms with Gasteiger partial charge in [-0.1, -0.05) is 70.2 Å². The van der Waals surface area contributed by atoms with E-state index in [0.717, 1.165) is 31.6 Å². The van der Waals surface area contributed by atoms with Crippen LogP contribution < -0.4 is 4.74 Å². The molecule has 0 radical (unpaired) electrons. The first kappa shape index (κ1) is 29.5. The molecule has 0 bridgehead atoms. The third-order valence-electron chi connectivity index (χ3n) is 3.91. The first-order chi connectivity index (χ1) is 14.1. The van der Waals surface area contributed by atoms with Gasteiger partial charge in [-0.15, -0.1) is 0 Å². The molecule has 0 aliphatic heterocycles. The first-order valence-electron chi connectivity index (χ1n) is 10.8. The lowest BCUT2D eigenvalue weighted by atomic mass is 10.0. The molecule has 0 saturated heterocycles. The van der Waals surface area contributed by atoms with Gasteiger partial charge in [-0.05, 0) is 38.3 Å². The van der Waals surface area contributed by atoms with Crippen LogP contribution in [-0.2, 0) is 16.0 Å². The standard InChI is InChI=1S/C18H26O2.C4H10O.C2H6O2/c1-3-5-6-7-8-9-10-13-16-14-11-12-15-17(16)20-18(19)4-2;1-3-5-4-2;3-1-2-4/h4,11-12,14-15H,2-3,5-10,13H2,1H3;3-4H2,1-2H3;3-4H,1-2H2. The number of rotatable bonds is 13. The molecule has 0 aromatic heterocycles. The Morgan fingerprint density at radius 2 is 1.48 bits per heavy atom. The van der Waals surface area contributed by atoms with Crippen molar-refractivity contribution < 1.29 is 24.5 Å². The summed E-state index contributed by atoms with van der Waals surface area (Å²) < 4.78 is 10.1. The SMILES string of the molecule is C=CC(=O)Oc1ccccc1CCCCCCCCC.CCOCC.OCCO. The van der Waals surface area contributed by atoms with Gasteiger partial charge in [-0.2, -0.15) is 0 Å². The molecule has 0 aliphatic carbocycles. The van der Waals surface area contributed by atoms with E-state index in [-0.39, 0.29) is 13.2 Å². The summed E-state index contributed by atoms with van der Waals surface area (Å²) in [6.45, 7) is 11.1. The van der Waals surface area contributed by atoms with Gasteiger partial charge >= 0.3 is 5.97 Å². The summed E-state index contributed by atoms with van der Waals surface area (Å²) >= 11 is 0. The Morgan fingerprint density at radius 1 is 0.931 bits per heavy atom. The summed E-state index contributed by atoms with van der Waals surface area (Å²) in [5, 5.41) is 15.2. The van der Waals surface area contributed by atoms with Crippen LogP contribution in [0.3, 0.4) is 0 Å². The van der Waals surface area contributed by atoms with Crippen LogP contribution in [0.1, 0.15) is 71.3 Å². The van der Waals surface area contributed by atoms with Crippen molar-refractivity contribution >= 4 is 5.97 Å². The summed E-state index contributed by atoms with van der Waals surface area (Å²) in [6, 6.07) is 7.75. The third-order valence-corrected chi connectivity index (χ3v) is 3.91. The zero-order chi connectivity index (χ0) is 22.2. The number of para-hydroxylation sites is 1. The average molecular weight is 411 g/mol. The van der Waals surface area contributed by atoms with E-state index < -0.39 is 5.97 Å². The molecule has 0 fully saturated rings. The van der Waals surface area contributed by atoms with Crippen LogP contribution in [0.2, 0.25) is 0 Å². The summed E-state index contributed by atoms with van der Waals surface area (Å²) in [5.41, 5.74) is 1.11. The largest absolute Gasteiger partial charge is 0.423 e. The number of esters is 1. The van der Waals surface area contributed by atoms with Crippen LogP contribution in [0, 0.1) is 0 Å². The van der Waals surface area contributed by atoms with Crippen LogP contribution >= 0.6 is 0 Å². The fraction of sp³-hybridized carbons (Fsp3) is 0.625. The lowest BCUT2D eigenvalue weighted by Gasteiger charge is -2.08. The topological polar surface area (TPSA) is 76.0 Å². The van der Waals surface area contributed by atoms with Crippen LogP contribution in [0.25, 0.3) is 0 Å². The minimum absolute atomic E-state index is 0.125. The quantitative estimate of drug-likeness (QED) is 0.205. The van der Waals surface area contributed by atoms with Crippen molar-refractivity contribution in [2.45, 2.75) is 72.1 Å². The monoisotopic (exact) mass is 410 g/mol. The van der Waals surface area contributed by atoms with E-state index in [1.165, 1.54) is 44.6 Å². The zero-order valence-electron chi connectivity index (χ0n) is 18.7. The summed E-state index contributed by atoms with van der Waals surface area (Å²) in [4.78, 5) is 11.3. The number of hydrogen-bond donors (Lipinski definition) is 2. The maximum atomic E-state index is 11.3. The van der Waals surface area contributed by atoms with Crippen molar-refractivity contribution in [3.05, 3.63) is 42.5 Å². The number of aryl methyl sites for hydroxylation is 1.